The summed E-state index contributed by atoms with van der Waals surface area (Å²) >= 11 is 1.79. The van der Waals surface area contributed by atoms with Gasteiger partial charge in [-0.25, -0.2) is 4.98 Å². The van der Waals surface area contributed by atoms with E-state index >= 15 is 0 Å². The van der Waals surface area contributed by atoms with Crippen molar-refractivity contribution in [1.82, 2.24) is 9.55 Å². The summed E-state index contributed by atoms with van der Waals surface area (Å²) in [6.45, 7) is 4.14. The monoisotopic (exact) mass is 482 g/mol. The standard InChI is InChI=1S/C27H34N2O4S/c1-3-4-17-31-24-9-11-26(12-10-24)34-19-25-18-32-27(33-25,20-29-16-15-28-21-29)14-13-22-5-7-23(30-2)8-6-22/h5-12,15-16,21,25H,3-4,13-14,17-20H2,1-2H3. The van der Waals surface area contributed by atoms with E-state index in [1.165, 1.54) is 10.5 Å². The van der Waals surface area contributed by atoms with E-state index in [0.29, 0.717) is 13.2 Å². The highest BCUT2D eigenvalue weighted by Gasteiger charge is 2.41. The summed E-state index contributed by atoms with van der Waals surface area (Å²) in [5, 5.41) is 0. The lowest BCUT2D eigenvalue weighted by molar-refractivity contribution is -0.180. The van der Waals surface area contributed by atoms with Crippen LogP contribution in [0.5, 0.6) is 11.5 Å². The predicted octanol–water partition coefficient (Wildman–Crippen LogP) is 5.61. The molecule has 1 aliphatic heterocycles. The van der Waals surface area contributed by atoms with Crippen molar-refractivity contribution in [3.8, 4) is 11.5 Å². The van der Waals surface area contributed by atoms with Gasteiger partial charge in [-0.3, -0.25) is 0 Å². The zero-order valence-corrected chi connectivity index (χ0v) is 20.8. The van der Waals surface area contributed by atoms with Crippen molar-refractivity contribution in [3.05, 3.63) is 72.8 Å². The average Bonchev–Trinajstić information content (AvgIpc) is 3.53. The summed E-state index contributed by atoms with van der Waals surface area (Å²) in [6, 6.07) is 16.5. The summed E-state index contributed by atoms with van der Waals surface area (Å²) in [6.07, 6.45) is 9.43. The lowest BCUT2D eigenvalue weighted by Gasteiger charge is -2.28. The topological polar surface area (TPSA) is 54.7 Å². The maximum atomic E-state index is 6.56. The molecule has 0 saturated carbocycles. The van der Waals surface area contributed by atoms with Gasteiger partial charge in [-0.2, -0.15) is 0 Å². The summed E-state index contributed by atoms with van der Waals surface area (Å²) in [5.74, 6) is 1.96. The van der Waals surface area contributed by atoms with Crippen LogP contribution in [0.4, 0.5) is 0 Å². The number of benzene rings is 2. The normalized spacial score (nSPS) is 19.9. The van der Waals surface area contributed by atoms with E-state index in [0.717, 1.165) is 49.5 Å². The minimum atomic E-state index is -0.664. The highest BCUT2D eigenvalue weighted by atomic mass is 32.2. The molecule has 0 spiro atoms. The van der Waals surface area contributed by atoms with Crippen LogP contribution in [0.25, 0.3) is 0 Å². The number of methoxy groups -OCH3 is 1. The van der Waals surface area contributed by atoms with Gasteiger partial charge in [0.25, 0.3) is 0 Å². The third kappa shape index (κ3) is 7.01. The number of aryl methyl sites for hydroxylation is 1. The number of thioether (sulfide) groups is 1. The van der Waals surface area contributed by atoms with Crippen LogP contribution in [0.2, 0.25) is 0 Å². The molecule has 2 aromatic carbocycles. The third-order valence-corrected chi connectivity index (χ3v) is 7.02. The molecule has 1 aliphatic rings. The zero-order valence-electron chi connectivity index (χ0n) is 20.0. The molecular formula is C27H34N2O4S. The molecule has 34 heavy (non-hydrogen) atoms. The van der Waals surface area contributed by atoms with E-state index in [2.05, 4.69) is 36.2 Å². The molecule has 0 bridgehead atoms. The van der Waals surface area contributed by atoms with E-state index in [9.17, 15) is 0 Å². The highest BCUT2D eigenvalue weighted by Crippen LogP contribution is 2.33. The second-order valence-electron chi connectivity index (χ2n) is 8.53. The maximum Gasteiger partial charge on any atom is 0.187 e. The molecule has 4 rings (SSSR count). The minimum Gasteiger partial charge on any atom is -0.497 e. The van der Waals surface area contributed by atoms with Gasteiger partial charge in [0.2, 0.25) is 0 Å². The summed E-state index contributed by atoms with van der Waals surface area (Å²) < 4.78 is 26.0. The number of hydrogen-bond donors (Lipinski definition) is 0. The van der Waals surface area contributed by atoms with E-state index in [-0.39, 0.29) is 6.10 Å². The summed E-state index contributed by atoms with van der Waals surface area (Å²) in [5.41, 5.74) is 1.23. The first kappa shape index (κ1) is 24.6. The van der Waals surface area contributed by atoms with E-state index in [1.54, 1.807) is 25.1 Å². The van der Waals surface area contributed by atoms with Crippen LogP contribution in [-0.4, -0.2) is 47.5 Å². The Labute approximate surface area is 206 Å². The molecule has 2 atom stereocenters. The van der Waals surface area contributed by atoms with Crippen molar-refractivity contribution in [1.29, 1.82) is 0 Å². The summed E-state index contributed by atoms with van der Waals surface area (Å²) in [7, 11) is 1.68. The molecule has 1 fully saturated rings. The van der Waals surface area contributed by atoms with Gasteiger partial charge in [0.05, 0.1) is 39.3 Å². The van der Waals surface area contributed by atoms with Crippen LogP contribution < -0.4 is 9.47 Å². The Bertz CT molecular complexity index is 979. The first-order valence-electron chi connectivity index (χ1n) is 11.9. The van der Waals surface area contributed by atoms with E-state index in [1.807, 2.05) is 41.4 Å². The Morgan fingerprint density at radius 3 is 2.62 bits per heavy atom. The number of ether oxygens (including phenoxy) is 4. The molecule has 6 nitrogen and oxygen atoms in total. The molecule has 2 unspecified atom stereocenters. The van der Waals surface area contributed by atoms with Gasteiger partial charge in [-0.1, -0.05) is 25.5 Å². The van der Waals surface area contributed by atoms with Crippen molar-refractivity contribution < 1.29 is 18.9 Å². The lowest BCUT2D eigenvalue weighted by Crippen LogP contribution is -2.37. The van der Waals surface area contributed by atoms with Crippen LogP contribution in [0.3, 0.4) is 0 Å². The Balaban J connectivity index is 1.33. The van der Waals surface area contributed by atoms with Gasteiger partial charge in [0.1, 0.15) is 11.5 Å². The van der Waals surface area contributed by atoms with E-state index < -0.39 is 5.79 Å². The van der Waals surface area contributed by atoms with Gasteiger partial charge in [-0.15, -0.1) is 11.8 Å². The van der Waals surface area contributed by atoms with Gasteiger partial charge in [0, 0.05) is 29.5 Å². The largest absolute Gasteiger partial charge is 0.497 e. The van der Waals surface area contributed by atoms with Gasteiger partial charge >= 0.3 is 0 Å². The van der Waals surface area contributed by atoms with Crippen LogP contribution in [-0.2, 0) is 22.4 Å². The van der Waals surface area contributed by atoms with Crippen LogP contribution in [0.1, 0.15) is 31.7 Å². The van der Waals surface area contributed by atoms with Gasteiger partial charge in [-0.05, 0) is 54.8 Å². The average molecular weight is 483 g/mol. The number of imidazole rings is 1. The number of nitrogens with zero attached hydrogens (tertiary/aromatic N) is 2. The smallest absolute Gasteiger partial charge is 0.187 e. The molecule has 7 heteroatoms. The zero-order chi connectivity index (χ0) is 23.6. The molecule has 0 amide bonds. The van der Waals surface area contributed by atoms with Gasteiger partial charge < -0.3 is 23.5 Å². The number of unbranched alkanes of at least 4 members (excludes halogenated alkanes) is 1. The second kappa shape index (κ2) is 12.3. The Kier molecular flexibility index (Phi) is 8.91. The predicted molar refractivity (Wildman–Crippen MR) is 135 cm³/mol. The molecule has 182 valence electrons. The molecule has 0 radical (unpaired) electrons. The first-order valence-corrected chi connectivity index (χ1v) is 12.9. The van der Waals surface area contributed by atoms with Crippen LogP contribution >= 0.6 is 11.8 Å². The fourth-order valence-electron chi connectivity index (χ4n) is 3.93. The Hall–Kier alpha value is -2.48. The summed E-state index contributed by atoms with van der Waals surface area (Å²) in [4.78, 5) is 5.39. The van der Waals surface area contributed by atoms with Crippen molar-refractivity contribution in [2.75, 3.05) is 26.1 Å². The molecule has 2 heterocycles. The Morgan fingerprint density at radius 2 is 1.91 bits per heavy atom. The Morgan fingerprint density at radius 1 is 1.12 bits per heavy atom. The second-order valence-corrected chi connectivity index (χ2v) is 9.62. The molecule has 0 aliphatic carbocycles. The minimum absolute atomic E-state index is 0.0323. The van der Waals surface area contributed by atoms with Crippen LogP contribution in [0, 0.1) is 0 Å². The lowest BCUT2D eigenvalue weighted by atomic mass is 10.0. The molecule has 1 saturated heterocycles. The van der Waals surface area contributed by atoms with Crippen LogP contribution in [0.15, 0.2) is 72.1 Å². The quantitative estimate of drug-likeness (QED) is 0.233. The number of aromatic nitrogens is 2. The maximum absolute atomic E-state index is 6.56. The molecule has 1 aromatic heterocycles. The van der Waals surface area contributed by atoms with E-state index in [4.69, 9.17) is 18.9 Å². The number of rotatable bonds is 13. The highest BCUT2D eigenvalue weighted by molar-refractivity contribution is 7.99. The van der Waals surface area contributed by atoms with Crippen molar-refractivity contribution in [2.45, 2.75) is 55.9 Å². The fourth-order valence-corrected chi connectivity index (χ4v) is 4.80. The third-order valence-electron chi connectivity index (χ3n) is 5.88. The molecule has 3 aromatic rings. The molecular weight excluding hydrogens is 448 g/mol. The molecule has 0 N–H and O–H groups in total. The van der Waals surface area contributed by atoms with Crippen molar-refractivity contribution in [2.24, 2.45) is 0 Å². The van der Waals surface area contributed by atoms with Crippen molar-refractivity contribution >= 4 is 11.8 Å². The fraction of sp³-hybridized carbons (Fsp3) is 0.444. The SMILES string of the molecule is CCCCOc1ccc(SCC2COC(CCc3ccc(OC)cc3)(Cn3ccnc3)O2)cc1. The van der Waals surface area contributed by atoms with Gasteiger partial charge in [0.15, 0.2) is 5.79 Å². The van der Waals surface area contributed by atoms with Crippen molar-refractivity contribution in [3.63, 3.8) is 0 Å². The first-order chi connectivity index (χ1) is 16.7. The number of hydrogen-bond acceptors (Lipinski definition) is 6.